The number of hydrogen-bond donors (Lipinski definition) is 2. The van der Waals surface area contributed by atoms with Gasteiger partial charge in [0.2, 0.25) is 0 Å². The summed E-state index contributed by atoms with van der Waals surface area (Å²) >= 11 is 0. The minimum absolute atomic E-state index is 0.00817. The van der Waals surface area contributed by atoms with Crippen LogP contribution in [0.3, 0.4) is 0 Å². The lowest BCUT2D eigenvalue weighted by atomic mass is 10.1. The number of nitrogens with one attached hydrogen (secondary N) is 1. The standard InChI is InChI=1S/C13H22N2O3S/c1-3-4-9-15(2)19(17,18)14-10-12-5-7-13(11-16)8-6-12/h5-8,14,16H,3-4,9-11H2,1-2H3. The second-order valence-corrected chi connectivity index (χ2v) is 6.34. The van der Waals surface area contributed by atoms with Crippen molar-refractivity contribution < 1.29 is 13.5 Å². The summed E-state index contributed by atoms with van der Waals surface area (Å²) in [4.78, 5) is 0. The molecule has 0 saturated carbocycles. The van der Waals surface area contributed by atoms with Gasteiger partial charge in [0.05, 0.1) is 6.61 Å². The fourth-order valence-corrected chi connectivity index (χ4v) is 2.49. The third-order valence-corrected chi connectivity index (χ3v) is 4.41. The lowest BCUT2D eigenvalue weighted by Crippen LogP contribution is -2.38. The molecule has 0 amide bonds. The molecule has 0 radical (unpaired) electrons. The molecule has 1 aromatic carbocycles. The number of nitrogens with zero attached hydrogens (tertiary/aromatic N) is 1. The molecule has 0 spiro atoms. The highest BCUT2D eigenvalue weighted by molar-refractivity contribution is 7.87. The fraction of sp³-hybridized carbons (Fsp3) is 0.538. The number of unbranched alkanes of at least 4 members (excludes halogenated alkanes) is 1. The largest absolute Gasteiger partial charge is 0.392 e. The van der Waals surface area contributed by atoms with Crippen molar-refractivity contribution in [1.82, 2.24) is 9.03 Å². The zero-order valence-electron chi connectivity index (χ0n) is 11.5. The van der Waals surface area contributed by atoms with Crippen LogP contribution in [0.4, 0.5) is 0 Å². The zero-order valence-corrected chi connectivity index (χ0v) is 12.3. The first-order valence-corrected chi connectivity index (χ1v) is 7.83. The van der Waals surface area contributed by atoms with Crippen LogP contribution in [0.25, 0.3) is 0 Å². The Hall–Kier alpha value is -0.950. The van der Waals surface area contributed by atoms with Crippen LogP contribution < -0.4 is 4.72 Å². The summed E-state index contributed by atoms with van der Waals surface area (Å²) in [5.74, 6) is 0. The lowest BCUT2D eigenvalue weighted by molar-refractivity contribution is 0.282. The number of rotatable bonds is 8. The van der Waals surface area contributed by atoms with Crippen molar-refractivity contribution in [3.63, 3.8) is 0 Å². The lowest BCUT2D eigenvalue weighted by Gasteiger charge is -2.17. The van der Waals surface area contributed by atoms with E-state index in [-0.39, 0.29) is 13.2 Å². The molecule has 1 aromatic rings. The second kappa shape index (κ2) is 7.59. The molecule has 0 saturated heterocycles. The van der Waals surface area contributed by atoms with Crippen molar-refractivity contribution in [2.24, 2.45) is 0 Å². The molecular formula is C13H22N2O3S. The molecule has 5 nitrogen and oxygen atoms in total. The summed E-state index contributed by atoms with van der Waals surface area (Å²) in [6.07, 6.45) is 1.81. The minimum Gasteiger partial charge on any atom is -0.392 e. The van der Waals surface area contributed by atoms with Crippen LogP contribution in [0.5, 0.6) is 0 Å². The zero-order chi connectivity index (χ0) is 14.3. The molecular weight excluding hydrogens is 264 g/mol. The monoisotopic (exact) mass is 286 g/mol. The second-order valence-electron chi connectivity index (χ2n) is 4.48. The Morgan fingerprint density at radius 2 is 1.79 bits per heavy atom. The van der Waals surface area contributed by atoms with Crippen molar-refractivity contribution in [1.29, 1.82) is 0 Å². The molecule has 2 N–H and O–H groups in total. The van der Waals surface area contributed by atoms with Gasteiger partial charge in [-0.2, -0.15) is 17.4 Å². The van der Waals surface area contributed by atoms with Crippen LogP contribution in [-0.4, -0.2) is 31.4 Å². The molecule has 6 heteroatoms. The third kappa shape index (κ3) is 5.28. The van der Waals surface area contributed by atoms with Gasteiger partial charge in [-0.1, -0.05) is 37.6 Å². The van der Waals surface area contributed by atoms with Gasteiger partial charge in [-0.25, -0.2) is 0 Å². The fourth-order valence-electron chi connectivity index (χ4n) is 1.55. The Morgan fingerprint density at radius 1 is 1.21 bits per heavy atom. The van der Waals surface area contributed by atoms with Gasteiger partial charge in [0.25, 0.3) is 10.2 Å². The first kappa shape index (κ1) is 16.1. The van der Waals surface area contributed by atoms with Crippen molar-refractivity contribution in [2.75, 3.05) is 13.6 Å². The summed E-state index contributed by atoms with van der Waals surface area (Å²) in [7, 11) is -1.84. The first-order valence-electron chi connectivity index (χ1n) is 6.39. The molecule has 0 aromatic heterocycles. The molecule has 0 bridgehead atoms. The van der Waals surface area contributed by atoms with Gasteiger partial charge in [0.1, 0.15) is 0 Å². The van der Waals surface area contributed by atoms with E-state index >= 15 is 0 Å². The Bertz CT molecular complexity index is 471. The summed E-state index contributed by atoms with van der Waals surface area (Å²) in [5.41, 5.74) is 1.68. The van der Waals surface area contributed by atoms with Crippen molar-refractivity contribution in [3.05, 3.63) is 35.4 Å². The molecule has 0 heterocycles. The maximum absolute atomic E-state index is 11.9. The van der Waals surface area contributed by atoms with E-state index in [0.717, 1.165) is 24.0 Å². The van der Waals surface area contributed by atoms with Crippen LogP contribution in [0.2, 0.25) is 0 Å². The first-order chi connectivity index (χ1) is 8.99. The van der Waals surface area contributed by atoms with Crippen LogP contribution in [0.1, 0.15) is 30.9 Å². The number of aliphatic hydroxyl groups is 1. The van der Waals surface area contributed by atoms with Gasteiger partial charge in [0, 0.05) is 20.1 Å². The van der Waals surface area contributed by atoms with Crippen molar-refractivity contribution >= 4 is 10.2 Å². The third-order valence-electron chi connectivity index (χ3n) is 2.90. The number of hydrogen-bond acceptors (Lipinski definition) is 3. The summed E-state index contributed by atoms with van der Waals surface area (Å²) in [5, 5.41) is 8.92. The summed E-state index contributed by atoms with van der Waals surface area (Å²) in [6.45, 7) is 2.79. The Labute approximate surface area is 115 Å². The van der Waals surface area contributed by atoms with E-state index in [0.29, 0.717) is 6.54 Å². The number of benzene rings is 1. The van der Waals surface area contributed by atoms with Gasteiger partial charge in [-0.3, -0.25) is 0 Å². The summed E-state index contributed by atoms with van der Waals surface area (Å²) in [6, 6.07) is 7.18. The molecule has 0 atom stereocenters. The van der Waals surface area contributed by atoms with E-state index in [2.05, 4.69) is 4.72 Å². The normalized spacial score (nSPS) is 12.0. The highest BCUT2D eigenvalue weighted by atomic mass is 32.2. The molecule has 0 unspecified atom stereocenters. The maximum atomic E-state index is 11.9. The van der Waals surface area contributed by atoms with Crippen molar-refractivity contribution in [3.8, 4) is 0 Å². The van der Waals surface area contributed by atoms with Crippen LogP contribution in [-0.2, 0) is 23.4 Å². The average Bonchev–Trinajstić information content (AvgIpc) is 2.43. The quantitative estimate of drug-likeness (QED) is 0.755. The van der Waals surface area contributed by atoms with Gasteiger partial charge in [0.15, 0.2) is 0 Å². The Morgan fingerprint density at radius 3 is 2.32 bits per heavy atom. The molecule has 1 rings (SSSR count). The Kier molecular flexibility index (Phi) is 6.44. The predicted octanol–water partition coefficient (Wildman–Crippen LogP) is 1.25. The highest BCUT2D eigenvalue weighted by Crippen LogP contribution is 2.05. The predicted molar refractivity (Wildman–Crippen MR) is 75.7 cm³/mol. The van der Waals surface area contributed by atoms with E-state index in [1.807, 2.05) is 6.92 Å². The van der Waals surface area contributed by atoms with Crippen molar-refractivity contribution in [2.45, 2.75) is 32.9 Å². The van der Waals surface area contributed by atoms with Crippen LogP contribution in [0.15, 0.2) is 24.3 Å². The van der Waals surface area contributed by atoms with Gasteiger partial charge in [-0.05, 0) is 17.5 Å². The average molecular weight is 286 g/mol. The molecule has 0 aliphatic carbocycles. The molecule has 19 heavy (non-hydrogen) atoms. The van der Waals surface area contributed by atoms with Crippen LogP contribution >= 0.6 is 0 Å². The van der Waals surface area contributed by atoms with E-state index in [4.69, 9.17) is 5.11 Å². The van der Waals surface area contributed by atoms with E-state index in [1.165, 1.54) is 4.31 Å². The summed E-state index contributed by atoms with van der Waals surface area (Å²) < 4.78 is 27.7. The topological polar surface area (TPSA) is 69.6 Å². The van der Waals surface area contributed by atoms with E-state index in [9.17, 15) is 8.42 Å². The molecule has 0 aliphatic heterocycles. The maximum Gasteiger partial charge on any atom is 0.279 e. The van der Waals surface area contributed by atoms with Gasteiger partial charge in [-0.15, -0.1) is 0 Å². The minimum atomic E-state index is -3.41. The van der Waals surface area contributed by atoms with E-state index < -0.39 is 10.2 Å². The smallest absolute Gasteiger partial charge is 0.279 e. The number of aliphatic hydroxyl groups excluding tert-OH is 1. The highest BCUT2D eigenvalue weighted by Gasteiger charge is 2.15. The molecule has 0 fully saturated rings. The van der Waals surface area contributed by atoms with E-state index in [1.54, 1.807) is 31.3 Å². The SMILES string of the molecule is CCCCN(C)S(=O)(=O)NCc1ccc(CO)cc1. The van der Waals surface area contributed by atoms with Crippen LogP contribution in [0, 0.1) is 0 Å². The Balaban J connectivity index is 2.54. The van der Waals surface area contributed by atoms with Gasteiger partial charge < -0.3 is 5.11 Å². The molecule has 108 valence electrons. The van der Waals surface area contributed by atoms with Gasteiger partial charge >= 0.3 is 0 Å². The molecule has 0 aliphatic rings.